The molecule has 0 saturated carbocycles. The lowest BCUT2D eigenvalue weighted by Gasteiger charge is -2.28. The second kappa shape index (κ2) is 6.66. The van der Waals surface area contributed by atoms with Gasteiger partial charge in [0.15, 0.2) is 0 Å². The molecule has 0 aliphatic carbocycles. The summed E-state index contributed by atoms with van der Waals surface area (Å²) >= 11 is 0. The van der Waals surface area contributed by atoms with E-state index >= 15 is 0 Å². The fraction of sp³-hybridized carbons (Fsp3) is 0.333. The van der Waals surface area contributed by atoms with Crippen LogP contribution in [-0.4, -0.2) is 48.8 Å². The maximum atomic E-state index is 6.12. The van der Waals surface area contributed by atoms with Crippen LogP contribution in [0.15, 0.2) is 42.9 Å². The zero-order valence-electron chi connectivity index (χ0n) is 15.8. The van der Waals surface area contributed by atoms with Crippen LogP contribution in [0.1, 0.15) is 25.7 Å². The van der Waals surface area contributed by atoms with Crippen molar-refractivity contribution in [3.63, 3.8) is 0 Å². The number of nitrogens with zero attached hydrogens (tertiary/aromatic N) is 4. The van der Waals surface area contributed by atoms with E-state index in [4.69, 9.17) is 4.74 Å². The highest BCUT2D eigenvalue weighted by molar-refractivity contribution is 6.01. The summed E-state index contributed by atoms with van der Waals surface area (Å²) < 4.78 is 6.12. The van der Waals surface area contributed by atoms with Gasteiger partial charge < -0.3 is 10.1 Å². The molecule has 0 spiro atoms. The van der Waals surface area contributed by atoms with Gasteiger partial charge in [0.1, 0.15) is 6.10 Å². The van der Waals surface area contributed by atoms with Gasteiger partial charge in [0.25, 0.3) is 0 Å². The first kappa shape index (κ1) is 16.7. The number of aromatic amines is 2. The van der Waals surface area contributed by atoms with Crippen LogP contribution in [0.2, 0.25) is 0 Å². The monoisotopic (exact) mass is 387 g/mol. The molecular weight excluding hydrogens is 366 g/mol. The first-order valence-electron chi connectivity index (χ1n) is 10.1. The Hall–Kier alpha value is -3.26. The summed E-state index contributed by atoms with van der Waals surface area (Å²) in [6.07, 6.45) is 10.3. The Bertz CT molecular complexity index is 1120. The SMILES string of the molecule is c1n[nH]cc1-c1ccc(-c2ccc(O[C@@H]3C[C@H]4CC[C@@H](C3)N4)nn2)c2[nH]ncc12. The van der Waals surface area contributed by atoms with Crippen molar-refractivity contribution in [3.8, 4) is 28.3 Å². The maximum absolute atomic E-state index is 6.12. The number of hydrogen-bond acceptors (Lipinski definition) is 6. The lowest BCUT2D eigenvalue weighted by Crippen LogP contribution is -2.42. The third-order valence-electron chi connectivity index (χ3n) is 6.06. The highest BCUT2D eigenvalue weighted by Crippen LogP contribution is 2.34. The normalized spacial score (nSPS) is 23.5. The number of rotatable bonds is 4. The molecular formula is C21H21N7O. The van der Waals surface area contributed by atoms with Crippen molar-refractivity contribution in [2.24, 2.45) is 0 Å². The van der Waals surface area contributed by atoms with Crippen LogP contribution in [0, 0.1) is 0 Å². The maximum Gasteiger partial charge on any atom is 0.233 e. The lowest BCUT2D eigenvalue weighted by atomic mass is 10.0. The number of piperidine rings is 1. The molecule has 2 aliphatic rings. The molecule has 146 valence electrons. The summed E-state index contributed by atoms with van der Waals surface area (Å²) in [5.41, 5.74) is 4.77. The molecule has 2 bridgehead atoms. The number of ether oxygens (including phenoxy) is 1. The Balaban J connectivity index is 1.27. The van der Waals surface area contributed by atoms with Crippen molar-refractivity contribution < 1.29 is 4.74 Å². The van der Waals surface area contributed by atoms with E-state index in [1.54, 1.807) is 6.20 Å². The lowest BCUT2D eigenvalue weighted by molar-refractivity contribution is 0.130. The summed E-state index contributed by atoms with van der Waals surface area (Å²) in [5.74, 6) is 0.593. The van der Waals surface area contributed by atoms with Crippen molar-refractivity contribution in [3.05, 3.63) is 42.9 Å². The van der Waals surface area contributed by atoms with E-state index in [1.807, 2.05) is 30.6 Å². The van der Waals surface area contributed by atoms with Gasteiger partial charge in [-0.15, -0.1) is 10.2 Å². The van der Waals surface area contributed by atoms with Crippen LogP contribution >= 0.6 is 0 Å². The molecule has 2 saturated heterocycles. The van der Waals surface area contributed by atoms with Gasteiger partial charge in [0.2, 0.25) is 5.88 Å². The Kier molecular flexibility index (Phi) is 3.83. The molecule has 8 nitrogen and oxygen atoms in total. The highest BCUT2D eigenvalue weighted by Gasteiger charge is 2.34. The van der Waals surface area contributed by atoms with Gasteiger partial charge in [-0.05, 0) is 43.4 Å². The minimum Gasteiger partial charge on any atom is -0.473 e. The van der Waals surface area contributed by atoms with E-state index < -0.39 is 0 Å². The Morgan fingerprint density at radius 2 is 1.76 bits per heavy atom. The Morgan fingerprint density at radius 1 is 0.897 bits per heavy atom. The van der Waals surface area contributed by atoms with Gasteiger partial charge in [-0.3, -0.25) is 10.2 Å². The quantitative estimate of drug-likeness (QED) is 0.497. The van der Waals surface area contributed by atoms with Crippen molar-refractivity contribution in [1.29, 1.82) is 0 Å². The van der Waals surface area contributed by atoms with E-state index in [-0.39, 0.29) is 6.10 Å². The van der Waals surface area contributed by atoms with E-state index in [1.165, 1.54) is 12.8 Å². The number of nitrogens with one attached hydrogen (secondary N) is 3. The van der Waals surface area contributed by atoms with Crippen molar-refractivity contribution in [2.75, 3.05) is 0 Å². The summed E-state index contributed by atoms with van der Waals surface area (Å²) in [5, 5.41) is 27.7. The number of H-pyrrole nitrogens is 2. The molecule has 1 aromatic carbocycles. The van der Waals surface area contributed by atoms with Crippen LogP contribution in [0.5, 0.6) is 5.88 Å². The number of aromatic nitrogens is 6. The molecule has 8 heteroatoms. The molecule has 5 heterocycles. The largest absolute Gasteiger partial charge is 0.473 e. The van der Waals surface area contributed by atoms with Crippen LogP contribution < -0.4 is 10.1 Å². The zero-order chi connectivity index (χ0) is 19.2. The molecule has 2 fully saturated rings. The first-order chi connectivity index (χ1) is 14.3. The first-order valence-corrected chi connectivity index (χ1v) is 10.1. The average molecular weight is 387 g/mol. The molecule has 6 rings (SSSR count). The summed E-state index contributed by atoms with van der Waals surface area (Å²) in [6.45, 7) is 0. The van der Waals surface area contributed by atoms with Gasteiger partial charge in [-0.1, -0.05) is 6.07 Å². The van der Waals surface area contributed by atoms with Crippen molar-refractivity contribution >= 4 is 10.9 Å². The third-order valence-corrected chi connectivity index (χ3v) is 6.06. The fourth-order valence-electron chi connectivity index (χ4n) is 4.70. The third kappa shape index (κ3) is 2.96. The van der Waals surface area contributed by atoms with E-state index in [2.05, 4.69) is 42.0 Å². The van der Waals surface area contributed by atoms with Gasteiger partial charge >= 0.3 is 0 Å². The molecule has 3 N–H and O–H groups in total. The minimum atomic E-state index is 0.224. The van der Waals surface area contributed by atoms with Crippen molar-refractivity contribution in [1.82, 2.24) is 35.9 Å². The topological polar surface area (TPSA) is 104 Å². The second-order valence-corrected chi connectivity index (χ2v) is 7.91. The predicted molar refractivity (Wildman–Crippen MR) is 108 cm³/mol. The van der Waals surface area contributed by atoms with Crippen LogP contribution in [0.4, 0.5) is 0 Å². The average Bonchev–Trinajstić information content (AvgIpc) is 3.49. The predicted octanol–water partition coefficient (Wildman–Crippen LogP) is 3.07. The summed E-state index contributed by atoms with van der Waals surface area (Å²) in [6, 6.07) is 9.16. The molecule has 0 unspecified atom stereocenters. The molecule has 3 atom stereocenters. The van der Waals surface area contributed by atoms with Crippen LogP contribution in [0.3, 0.4) is 0 Å². The van der Waals surface area contributed by atoms with Crippen LogP contribution in [0.25, 0.3) is 33.3 Å². The minimum absolute atomic E-state index is 0.224. The van der Waals surface area contributed by atoms with Crippen LogP contribution in [-0.2, 0) is 0 Å². The molecule has 3 aromatic heterocycles. The Morgan fingerprint density at radius 3 is 2.52 bits per heavy atom. The van der Waals surface area contributed by atoms with Gasteiger partial charge in [0, 0.05) is 40.9 Å². The molecule has 4 aromatic rings. The summed E-state index contributed by atoms with van der Waals surface area (Å²) in [4.78, 5) is 0. The van der Waals surface area contributed by atoms with Gasteiger partial charge in [-0.2, -0.15) is 10.2 Å². The Labute approximate surface area is 167 Å². The fourth-order valence-corrected chi connectivity index (χ4v) is 4.70. The van der Waals surface area contributed by atoms with Crippen molar-refractivity contribution in [2.45, 2.75) is 43.9 Å². The van der Waals surface area contributed by atoms with E-state index in [9.17, 15) is 0 Å². The molecule has 2 aliphatic heterocycles. The standard InChI is InChI=1S/C21H21N7O/c1-2-14-8-15(7-13(1)25-14)29-20-6-5-19(26-27-20)17-4-3-16(12-9-22-23-10-12)18-11-24-28-21(17)18/h3-6,9-11,13-15,25H,1-2,7-8H2,(H,22,23)(H,24,28)/t13-,14+,15-. The molecule has 29 heavy (non-hydrogen) atoms. The molecule has 0 radical (unpaired) electrons. The number of fused-ring (bicyclic) bond motifs is 3. The smallest absolute Gasteiger partial charge is 0.233 e. The van der Waals surface area contributed by atoms with E-state index in [0.29, 0.717) is 18.0 Å². The summed E-state index contributed by atoms with van der Waals surface area (Å²) in [7, 11) is 0. The second-order valence-electron chi connectivity index (χ2n) is 7.91. The molecule has 0 amide bonds. The van der Waals surface area contributed by atoms with Gasteiger partial charge in [-0.25, -0.2) is 0 Å². The van der Waals surface area contributed by atoms with Gasteiger partial charge in [0.05, 0.1) is 23.6 Å². The zero-order valence-corrected chi connectivity index (χ0v) is 15.8. The van der Waals surface area contributed by atoms with E-state index in [0.717, 1.165) is 46.1 Å². The highest BCUT2D eigenvalue weighted by atomic mass is 16.5. The number of benzene rings is 1. The number of hydrogen-bond donors (Lipinski definition) is 3.